The van der Waals surface area contributed by atoms with Crippen LogP contribution in [0.4, 0.5) is 0 Å². The van der Waals surface area contributed by atoms with E-state index in [0.29, 0.717) is 5.92 Å². The Bertz CT molecular complexity index is 756. The van der Waals surface area contributed by atoms with Gasteiger partial charge in [0.2, 0.25) is 0 Å². The van der Waals surface area contributed by atoms with E-state index >= 15 is 0 Å². The molecule has 1 unspecified atom stereocenters. The molecule has 0 aromatic carbocycles. The Balaban J connectivity index is 0.000000301. The van der Waals surface area contributed by atoms with E-state index in [4.69, 9.17) is 0 Å². The van der Waals surface area contributed by atoms with E-state index in [0.717, 1.165) is 63.0 Å². The summed E-state index contributed by atoms with van der Waals surface area (Å²) in [7, 11) is 4.23. The van der Waals surface area contributed by atoms with Gasteiger partial charge in [0.25, 0.3) is 0 Å². The summed E-state index contributed by atoms with van der Waals surface area (Å²) in [6, 6.07) is 7.51. The zero-order chi connectivity index (χ0) is 21.3. The van der Waals surface area contributed by atoms with Gasteiger partial charge in [-0.3, -0.25) is 14.8 Å². The lowest BCUT2D eigenvalue weighted by atomic mass is 9.88. The van der Waals surface area contributed by atoms with Crippen LogP contribution in [0.25, 0.3) is 0 Å². The highest BCUT2D eigenvalue weighted by atomic mass is 16.3. The molecular weight excluding hydrogens is 400 g/mol. The maximum atomic E-state index is 12.0. The van der Waals surface area contributed by atoms with E-state index in [2.05, 4.69) is 33.9 Å². The molecule has 4 rings (SSSR count). The van der Waals surface area contributed by atoms with Gasteiger partial charge in [0.05, 0.1) is 6.10 Å². The average molecular weight is 443 g/mol. The highest BCUT2D eigenvalue weighted by Crippen LogP contribution is 2.29. The molecule has 0 spiro atoms. The number of nitrogens with zero attached hydrogens (tertiary/aromatic N) is 4. The Hall–Kier alpha value is -2.15. The second-order valence-corrected chi connectivity index (χ2v) is 8.56. The third-order valence-electron chi connectivity index (χ3n) is 6.27. The van der Waals surface area contributed by atoms with Crippen LogP contribution in [-0.2, 0) is 0 Å². The Labute approximate surface area is 194 Å². The van der Waals surface area contributed by atoms with Crippen LogP contribution in [0.1, 0.15) is 62.6 Å². The fourth-order valence-corrected chi connectivity index (χ4v) is 4.18. The fraction of sp³-hybridized carbons (Fsp3) is 0.577. The van der Waals surface area contributed by atoms with Gasteiger partial charge < -0.3 is 14.9 Å². The van der Waals surface area contributed by atoms with Crippen molar-refractivity contribution in [3.8, 4) is 0 Å². The van der Waals surface area contributed by atoms with Crippen LogP contribution in [0.15, 0.2) is 49.1 Å². The van der Waals surface area contributed by atoms with Crippen LogP contribution >= 0.6 is 0 Å². The van der Waals surface area contributed by atoms with Gasteiger partial charge >= 0.3 is 0 Å². The van der Waals surface area contributed by atoms with Gasteiger partial charge in [-0.2, -0.15) is 0 Å². The van der Waals surface area contributed by atoms with E-state index in [9.17, 15) is 9.90 Å². The Morgan fingerprint density at radius 1 is 0.906 bits per heavy atom. The number of aliphatic hydroxyl groups is 1. The van der Waals surface area contributed by atoms with Crippen molar-refractivity contribution in [2.45, 2.75) is 46.6 Å². The third kappa shape index (κ3) is 8.08. The number of hydrogen-bond acceptors (Lipinski definition) is 6. The number of pyridine rings is 2. The van der Waals surface area contributed by atoms with Crippen molar-refractivity contribution >= 4 is 5.78 Å². The lowest BCUT2D eigenvalue weighted by Gasteiger charge is -2.31. The molecular formula is C26H42N4O2. The zero-order valence-electron chi connectivity index (χ0n) is 18.2. The lowest BCUT2D eigenvalue weighted by Crippen LogP contribution is -2.33. The topological polar surface area (TPSA) is 69.6 Å². The van der Waals surface area contributed by atoms with Gasteiger partial charge in [0, 0.05) is 36.3 Å². The molecule has 2 aliphatic heterocycles. The molecule has 1 atom stereocenters. The van der Waals surface area contributed by atoms with Crippen molar-refractivity contribution < 1.29 is 9.90 Å². The molecule has 178 valence electrons. The summed E-state index contributed by atoms with van der Waals surface area (Å²) in [5.74, 6) is 0.854. The molecule has 0 bridgehead atoms. The second-order valence-electron chi connectivity index (χ2n) is 8.56. The first-order valence-electron chi connectivity index (χ1n) is 10.9. The van der Waals surface area contributed by atoms with Gasteiger partial charge in [-0.15, -0.1) is 0 Å². The normalized spacial score (nSPS) is 19.0. The minimum absolute atomic E-state index is 0. The molecule has 32 heavy (non-hydrogen) atoms. The monoisotopic (exact) mass is 442 g/mol. The summed E-state index contributed by atoms with van der Waals surface area (Å²) in [4.78, 5) is 24.7. The maximum absolute atomic E-state index is 12.0. The minimum atomic E-state index is -0.340. The van der Waals surface area contributed by atoms with E-state index < -0.39 is 0 Å². The smallest absolute Gasteiger partial charge is 0.167 e. The number of ketones is 1. The summed E-state index contributed by atoms with van der Waals surface area (Å²) in [6.45, 7) is 4.22. The van der Waals surface area contributed by atoms with Crippen LogP contribution in [0, 0.1) is 11.8 Å². The lowest BCUT2D eigenvalue weighted by molar-refractivity contribution is 0.0655. The largest absolute Gasteiger partial charge is 0.388 e. The highest BCUT2D eigenvalue weighted by Gasteiger charge is 2.25. The summed E-state index contributed by atoms with van der Waals surface area (Å²) < 4.78 is 0. The van der Waals surface area contributed by atoms with Crippen LogP contribution < -0.4 is 0 Å². The maximum Gasteiger partial charge on any atom is 0.167 e. The number of carbonyl (C=O) groups is 1. The molecule has 2 fully saturated rings. The molecule has 0 saturated carbocycles. The van der Waals surface area contributed by atoms with E-state index in [1.165, 1.54) is 0 Å². The van der Waals surface area contributed by atoms with Crippen LogP contribution in [0.5, 0.6) is 0 Å². The van der Waals surface area contributed by atoms with Crippen molar-refractivity contribution in [1.29, 1.82) is 0 Å². The number of likely N-dealkylation sites (tertiary alicyclic amines) is 2. The van der Waals surface area contributed by atoms with E-state index in [-0.39, 0.29) is 32.7 Å². The Morgan fingerprint density at radius 2 is 1.44 bits per heavy atom. The van der Waals surface area contributed by atoms with Gasteiger partial charge in [-0.1, -0.05) is 20.9 Å². The molecule has 2 saturated heterocycles. The quantitative estimate of drug-likeness (QED) is 0.711. The number of hydrogen-bond donors (Lipinski definition) is 1. The van der Waals surface area contributed by atoms with Gasteiger partial charge in [-0.05, 0) is 95.6 Å². The van der Waals surface area contributed by atoms with Crippen molar-refractivity contribution in [1.82, 2.24) is 19.8 Å². The number of aliphatic hydroxyl groups excluding tert-OH is 1. The van der Waals surface area contributed by atoms with Gasteiger partial charge in [0.15, 0.2) is 5.78 Å². The summed E-state index contributed by atoms with van der Waals surface area (Å²) in [6.07, 6.45) is 10.6. The van der Waals surface area contributed by atoms with E-state index in [1.807, 2.05) is 24.3 Å². The average Bonchev–Trinajstić information content (AvgIpc) is 2.81. The number of rotatable bonds is 4. The van der Waals surface area contributed by atoms with Crippen molar-refractivity contribution in [3.63, 3.8) is 0 Å². The molecule has 2 aromatic rings. The van der Waals surface area contributed by atoms with Gasteiger partial charge in [-0.25, -0.2) is 0 Å². The number of piperidine rings is 2. The first-order valence-corrected chi connectivity index (χ1v) is 10.9. The number of aromatic nitrogens is 2. The minimum Gasteiger partial charge on any atom is -0.388 e. The summed E-state index contributed by atoms with van der Waals surface area (Å²) >= 11 is 0. The molecule has 0 radical (unpaired) electrons. The third-order valence-corrected chi connectivity index (χ3v) is 6.27. The molecule has 0 amide bonds. The molecule has 6 heteroatoms. The molecule has 6 nitrogen and oxygen atoms in total. The molecule has 4 heterocycles. The fourth-order valence-electron chi connectivity index (χ4n) is 4.18. The number of Topliss-reactive ketones (excluding diaryl/α,β-unsaturated/α-hetero) is 1. The highest BCUT2D eigenvalue weighted by molar-refractivity contribution is 5.97. The van der Waals surface area contributed by atoms with Crippen LogP contribution in [0.3, 0.4) is 0 Å². The summed E-state index contributed by atoms with van der Waals surface area (Å²) in [5, 5.41) is 10.2. The van der Waals surface area contributed by atoms with Crippen LogP contribution in [-0.4, -0.2) is 70.9 Å². The van der Waals surface area contributed by atoms with Crippen LogP contribution in [0.2, 0.25) is 0 Å². The first-order chi connectivity index (χ1) is 14.5. The van der Waals surface area contributed by atoms with Gasteiger partial charge in [0.1, 0.15) is 0 Å². The van der Waals surface area contributed by atoms with Crippen molar-refractivity contribution in [2.24, 2.45) is 11.8 Å². The molecule has 1 N–H and O–H groups in total. The standard InChI is InChI=1S/C12H18N2O.C12H16N2O.2CH4/c2*1-14-7-4-10(5-8-14)12(15)11-3-2-6-13-9-11;;/h2-3,6,9-10,12,15H,4-5,7-8H2,1H3;2-3,6,9-10H,4-5,7-8H2,1H3;2*1H4. The molecule has 2 aliphatic rings. The first kappa shape index (κ1) is 27.9. The van der Waals surface area contributed by atoms with Crippen molar-refractivity contribution in [3.05, 3.63) is 60.2 Å². The number of carbonyl (C=O) groups excluding carboxylic acids is 1. The predicted molar refractivity (Wildman–Crippen MR) is 132 cm³/mol. The Kier molecular flexibility index (Phi) is 12.3. The Morgan fingerprint density at radius 3 is 1.94 bits per heavy atom. The zero-order valence-corrected chi connectivity index (χ0v) is 18.2. The van der Waals surface area contributed by atoms with Crippen molar-refractivity contribution in [2.75, 3.05) is 40.3 Å². The molecule has 0 aliphatic carbocycles. The summed E-state index contributed by atoms with van der Waals surface area (Å²) in [5.41, 5.74) is 1.71. The predicted octanol–water partition coefficient (Wildman–Crippen LogP) is 4.34. The molecule has 2 aromatic heterocycles. The SMILES string of the molecule is C.C.CN1CCC(C(=O)c2cccnc2)CC1.CN1CCC(C(O)c2cccnc2)CC1. The van der Waals surface area contributed by atoms with E-state index in [1.54, 1.807) is 24.8 Å². The second kappa shape index (κ2) is 14.1.